The van der Waals surface area contributed by atoms with Crippen LogP contribution in [-0.2, 0) is 16.0 Å². The van der Waals surface area contributed by atoms with E-state index >= 15 is 0 Å². The molecule has 5 heteroatoms. The van der Waals surface area contributed by atoms with Crippen molar-refractivity contribution in [2.45, 2.75) is 12.5 Å². The van der Waals surface area contributed by atoms with Crippen molar-refractivity contribution in [1.82, 2.24) is 10.6 Å². The maximum Gasteiger partial charge on any atom is 0.242 e. The lowest BCUT2D eigenvalue weighted by atomic mass is 9.96. The van der Waals surface area contributed by atoms with Gasteiger partial charge in [0.15, 0.2) is 0 Å². The molecule has 1 unspecified atom stereocenters. The van der Waals surface area contributed by atoms with Gasteiger partial charge in [0.1, 0.15) is 0 Å². The minimum Gasteiger partial charge on any atom is -0.379 e. The molecule has 1 aromatic carbocycles. The number of morpholine rings is 1. The Morgan fingerprint density at radius 1 is 1.33 bits per heavy atom. The van der Waals surface area contributed by atoms with Crippen molar-refractivity contribution in [3.05, 3.63) is 23.8 Å². The summed E-state index contributed by atoms with van der Waals surface area (Å²) in [6.07, 6.45) is 0.688. The second kappa shape index (κ2) is 4.59. The molecule has 2 heterocycles. The Hall–Kier alpha value is -1.59. The van der Waals surface area contributed by atoms with Crippen molar-refractivity contribution in [3.8, 4) is 0 Å². The SMILES string of the molecule is [NH]c1cccc2c1NC(=O)C(N1CCOCC1)C2. The van der Waals surface area contributed by atoms with E-state index in [-0.39, 0.29) is 11.9 Å². The number of benzene rings is 1. The molecule has 0 spiro atoms. The van der Waals surface area contributed by atoms with Gasteiger partial charge in [-0.25, -0.2) is 0 Å². The molecular formula is C13H16N3O2. The van der Waals surface area contributed by atoms with Gasteiger partial charge in [-0.2, -0.15) is 0 Å². The van der Waals surface area contributed by atoms with E-state index in [1.54, 1.807) is 6.07 Å². The average Bonchev–Trinajstić information content (AvgIpc) is 2.40. The molecule has 2 aliphatic rings. The van der Waals surface area contributed by atoms with Gasteiger partial charge in [-0.15, -0.1) is 0 Å². The zero-order valence-electron chi connectivity index (χ0n) is 10.1. The van der Waals surface area contributed by atoms with Crippen molar-refractivity contribution < 1.29 is 9.53 Å². The van der Waals surface area contributed by atoms with Crippen LogP contribution in [0.25, 0.3) is 0 Å². The van der Waals surface area contributed by atoms with Gasteiger partial charge in [0.2, 0.25) is 5.91 Å². The molecule has 1 saturated heterocycles. The highest BCUT2D eigenvalue weighted by Gasteiger charge is 2.32. The van der Waals surface area contributed by atoms with E-state index in [2.05, 4.69) is 10.2 Å². The molecule has 2 N–H and O–H groups in total. The van der Waals surface area contributed by atoms with E-state index in [1.165, 1.54) is 0 Å². The van der Waals surface area contributed by atoms with Gasteiger partial charge in [-0.05, 0) is 18.1 Å². The summed E-state index contributed by atoms with van der Waals surface area (Å²) < 4.78 is 5.31. The lowest BCUT2D eigenvalue weighted by molar-refractivity contribution is -0.123. The Balaban J connectivity index is 1.85. The number of carbonyl (C=O) groups is 1. The van der Waals surface area contributed by atoms with E-state index in [0.29, 0.717) is 31.0 Å². The summed E-state index contributed by atoms with van der Waals surface area (Å²) in [5.41, 5.74) is 9.92. The molecule has 1 aromatic rings. The third kappa shape index (κ3) is 1.95. The summed E-state index contributed by atoms with van der Waals surface area (Å²) in [5, 5.41) is 2.87. The van der Waals surface area contributed by atoms with E-state index < -0.39 is 0 Å². The Labute approximate surface area is 106 Å². The first-order valence-electron chi connectivity index (χ1n) is 6.22. The largest absolute Gasteiger partial charge is 0.379 e. The van der Waals surface area contributed by atoms with Gasteiger partial charge in [0, 0.05) is 13.1 Å². The molecule has 3 rings (SSSR count). The van der Waals surface area contributed by atoms with Crippen LogP contribution in [0.2, 0.25) is 0 Å². The molecule has 1 fully saturated rings. The molecule has 1 atom stereocenters. The van der Waals surface area contributed by atoms with E-state index in [0.717, 1.165) is 18.7 Å². The topological polar surface area (TPSA) is 65.4 Å². The van der Waals surface area contributed by atoms with Gasteiger partial charge in [-0.1, -0.05) is 12.1 Å². The first kappa shape index (κ1) is 11.5. The summed E-state index contributed by atoms with van der Waals surface area (Å²) in [6, 6.07) is 5.44. The van der Waals surface area contributed by atoms with Crippen molar-refractivity contribution in [1.29, 1.82) is 0 Å². The highest BCUT2D eigenvalue weighted by atomic mass is 16.5. The van der Waals surface area contributed by atoms with E-state index in [1.807, 2.05) is 12.1 Å². The third-order valence-electron chi connectivity index (χ3n) is 3.60. The molecule has 5 nitrogen and oxygen atoms in total. The predicted octanol–water partition coefficient (Wildman–Crippen LogP) is 0.796. The van der Waals surface area contributed by atoms with Crippen molar-refractivity contribution in [2.24, 2.45) is 0 Å². The number of hydrogen-bond acceptors (Lipinski definition) is 3. The van der Waals surface area contributed by atoms with Crippen molar-refractivity contribution in [3.63, 3.8) is 0 Å². The number of fused-ring (bicyclic) bond motifs is 1. The van der Waals surface area contributed by atoms with Crippen molar-refractivity contribution >= 4 is 17.3 Å². The first-order valence-corrected chi connectivity index (χ1v) is 6.22. The average molecular weight is 246 g/mol. The monoisotopic (exact) mass is 246 g/mol. The Bertz CT molecular complexity index is 469. The number of nitrogens with zero attached hydrogens (tertiary/aromatic N) is 1. The van der Waals surface area contributed by atoms with Crippen LogP contribution in [0.4, 0.5) is 11.4 Å². The number of amides is 1. The van der Waals surface area contributed by atoms with Crippen LogP contribution in [0.5, 0.6) is 0 Å². The first-order chi connectivity index (χ1) is 8.75. The minimum atomic E-state index is -0.122. The van der Waals surface area contributed by atoms with Gasteiger partial charge in [0.25, 0.3) is 0 Å². The molecule has 2 aliphatic heterocycles. The quantitative estimate of drug-likeness (QED) is 0.797. The highest BCUT2D eigenvalue weighted by molar-refractivity contribution is 6.00. The summed E-state index contributed by atoms with van der Waals surface area (Å²) in [7, 11) is 0. The van der Waals surface area contributed by atoms with Gasteiger partial charge < -0.3 is 10.1 Å². The maximum absolute atomic E-state index is 12.1. The van der Waals surface area contributed by atoms with Crippen molar-refractivity contribution in [2.75, 3.05) is 31.6 Å². The Kier molecular flexibility index (Phi) is 2.93. The number of ether oxygens (including phenoxy) is 1. The lowest BCUT2D eigenvalue weighted by Gasteiger charge is -2.36. The number of rotatable bonds is 1. The Morgan fingerprint density at radius 3 is 2.89 bits per heavy atom. The fraction of sp³-hybridized carbons (Fsp3) is 0.462. The molecule has 1 radical (unpaired) electrons. The molecule has 95 valence electrons. The lowest BCUT2D eigenvalue weighted by Crippen LogP contribution is -2.52. The number of carbonyl (C=O) groups excluding carboxylic acids is 1. The van der Waals surface area contributed by atoms with Crippen LogP contribution in [0.3, 0.4) is 0 Å². The summed E-state index contributed by atoms with van der Waals surface area (Å²) in [4.78, 5) is 14.3. The third-order valence-corrected chi connectivity index (χ3v) is 3.60. The standard InChI is InChI=1S/C13H16N3O2/c14-10-3-1-2-9-8-11(13(17)15-12(9)10)16-4-6-18-7-5-16/h1-3,11,14H,4-8H2,(H,15,17). The molecular weight excluding hydrogens is 230 g/mol. The van der Waals surface area contributed by atoms with Crippen LogP contribution >= 0.6 is 0 Å². The number of anilines is 1. The summed E-state index contributed by atoms with van der Waals surface area (Å²) in [5.74, 6) is 0.00380. The van der Waals surface area contributed by atoms with Crippen LogP contribution in [0.15, 0.2) is 18.2 Å². The van der Waals surface area contributed by atoms with Crippen LogP contribution < -0.4 is 11.1 Å². The molecule has 0 bridgehead atoms. The van der Waals surface area contributed by atoms with Gasteiger partial charge in [0.05, 0.1) is 30.6 Å². The number of para-hydroxylation sites is 1. The van der Waals surface area contributed by atoms with Crippen LogP contribution in [0.1, 0.15) is 5.56 Å². The smallest absolute Gasteiger partial charge is 0.242 e. The summed E-state index contributed by atoms with van der Waals surface area (Å²) >= 11 is 0. The van der Waals surface area contributed by atoms with Crippen LogP contribution in [0, 0.1) is 0 Å². The van der Waals surface area contributed by atoms with E-state index in [9.17, 15) is 4.79 Å². The fourth-order valence-corrected chi connectivity index (χ4v) is 2.61. The normalized spacial score (nSPS) is 24.4. The molecule has 0 saturated carbocycles. The predicted molar refractivity (Wildman–Crippen MR) is 67.7 cm³/mol. The minimum absolute atomic E-state index is 0.00380. The molecule has 18 heavy (non-hydrogen) atoms. The molecule has 0 aliphatic carbocycles. The Morgan fingerprint density at radius 2 is 2.11 bits per heavy atom. The second-order valence-electron chi connectivity index (χ2n) is 4.70. The maximum atomic E-state index is 12.1. The zero-order valence-corrected chi connectivity index (χ0v) is 10.1. The zero-order chi connectivity index (χ0) is 12.5. The molecule has 0 aromatic heterocycles. The van der Waals surface area contributed by atoms with Crippen LogP contribution in [-0.4, -0.2) is 43.2 Å². The fourth-order valence-electron chi connectivity index (χ4n) is 2.61. The molecule has 1 amide bonds. The number of nitrogens with one attached hydrogen (secondary N) is 2. The highest BCUT2D eigenvalue weighted by Crippen LogP contribution is 2.30. The number of hydrogen-bond donors (Lipinski definition) is 1. The van der Waals surface area contributed by atoms with Gasteiger partial charge >= 0.3 is 0 Å². The second-order valence-corrected chi connectivity index (χ2v) is 4.70. The van der Waals surface area contributed by atoms with Gasteiger partial charge in [-0.3, -0.25) is 15.4 Å². The van der Waals surface area contributed by atoms with E-state index in [4.69, 9.17) is 10.5 Å². The summed E-state index contributed by atoms with van der Waals surface area (Å²) in [6.45, 7) is 2.98.